The zero-order valence-electron chi connectivity index (χ0n) is 29.9. The topological polar surface area (TPSA) is 170 Å². The average Bonchev–Trinajstić information content (AvgIpc) is 3.66. The van der Waals surface area contributed by atoms with Gasteiger partial charge in [-0.05, 0) is 59.9 Å². The van der Waals surface area contributed by atoms with Gasteiger partial charge in [-0.2, -0.15) is 0 Å². The van der Waals surface area contributed by atoms with Crippen molar-refractivity contribution >= 4 is 22.7 Å². The number of carbonyl (C=O) groups is 2. The number of nitrogens with one attached hydrogen (secondary N) is 3. The number of nitrogens with zero attached hydrogens (tertiary/aromatic N) is 2. The Morgan fingerprint density at radius 1 is 0.782 bits per heavy atom. The van der Waals surface area contributed by atoms with Crippen molar-refractivity contribution in [1.82, 2.24) is 25.2 Å². The van der Waals surface area contributed by atoms with Gasteiger partial charge in [-0.15, -0.1) is 0 Å². The third kappa shape index (κ3) is 7.40. The Bertz CT molecular complexity index is 2490. The third-order valence-electron chi connectivity index (χ3n) is 9.75. The molecule has 0 aliphatic rings. The smallest absolute Gasteiger partial charge is 0.268 e. The van der Waals surface area contributed by atoms with E-state index >= 15 is 0 Å². The lowest BCUT2D eigenvalue weighted by Crippen LogP contribution is -2.48. The van der Waals surface area contributed by atoms with Gasteiger partial charge in [0.1, 0.15) is 23.0 Å². The van der Waals surface area contributed by atoms with E-state index in [4.69, 9.17) is 4.98 Å². The predicted molar refractivity (Wildman–Crippen MR) is 209 cm³/mol. The Morgan fingerprint density at radius 2 is 1.45 bits per heavy atom. The summed E-state index contributed by atoms with van der Waals surface area (Å²) in [5.41, 5.74) is 3.91. The fourth-order valence-corrected chi connectivity index (χ4v) is 6.96. The standard InChI is InChI=1S/C44H39N5O6/c1-28-15-18-32(19-16-28)44(30-9-4-2-5-10-30,31-11-6-3-7-12-31)49-26-33(46-27-49)24-35(42(54)45-22-21-29-17-20-37(50)40(53)23-29)48-43(55)36-25-39(52)34-13-8-14-38(51)41(34)47-36/h2-20,23,25-27,35,50-51,53H,21-22,24H2,1H3,(H,45,54)(H,47,52)(H,48,55)/t35-/m0/s1. The largest absolute Gasteiger partial charge is 0.506 e. The molecule has 7 aromatic rings. The van der Waals surface area contributed by atoms with Gasteiger partial charge in [0.15, 0.2) is 16.9 Å². The van der Waals surface area contributed by atoms with Gasteiger partial charge in [0, 0.05) is 30.6 Å². The molecule has 0 aliphatic heterocycles. The maximum Gasteiger partial charge on any atom is 0.268 e. The number of benzene rings is 5. The summed E-state index contributed by atoms with van der Waals surface area (Å²) in [6, 6.07) is 37.4. The molecule has 7 rings (SSSR count). The van der Waals surface area contributed by atoms with Crippen LogP contribution in [0.2, 0.25) is 0 Å². The van der Waals surface area contributed by atoms with Gasteiger partial charge < -0.3 is 35.5 Å². The van der Waals surface area contributed by atoms with E-state index in [2.05, 4.69) is 64.1 Å². The minimum absolute atomic E-state index is 0.0127. The van der Waals surface area contributed by atoms with Crippen molar-refractivity contribution in [2.45, 2.75) is 31.3 Å². The molecule has 0 unspecified atom stereocenters. The number of aryl methyl sites for hydroxylation is 1. The first-order chi connectivity index (χ1) is 26.6. The molecule has 5 aromatic carbocycles. The Kier molecular flexibility index (Phi) is 10.2. The van der Waals surface area contributed by atoms with E-state index in [1.807, 2.05) is 54.1 Å². The van der Waals surface area contributed by atoms with E-state index in [1.165, 1.54) is 30.3 Å². The zero-order valence-corrected chi connectivity index (χ0v) is 29.9. The number of phenols is 3. The van der Waals surface area contributed by atoms with Crippen LogP contribution in [-0.2, 0) is 23.2 Å². The van der Waals surface area contributed by atoms with E-state index < -0.39 is 28.8 Å². The first-order valence-electron chi connectivity index (χ1n) is 17.8. The van der Waals surface area contributed by atoms with Gasteiger partial charge in [-0.1, -0.05) is 103 Å². The van der Waals surface area contributed by atoms with Crippen molar-refractivity contribution in [1.29, 1.82) is 0 Å². The molecule has 11 nitrogen and oxygen atoms in total. The van der Waals surface area contributed by atoms with Crippen molar-refractivity contribution < 1.29 is 24.9 Å². The van der Waals surface area contributed by atoms with E-state index in [0.717, 1.165) is 28.3 Å². The molecule has 0 radical (unpaired) electrons. The molecule has 0 saturated carbocycles. The normalized spacial score (nSPS) is 11.9. The molecule has 2 heterocycles. The highest BCUT2D eigenvalue weighted by molar-refractivity contribution is 5.98. The molecule has 0 fully saturated rings. The summed E-state index contributed by atoms with van der Waals surface area (Å²) in [7, 11) is 0. The first kappa shape index (κ1) is 36.2. The molecular weight excluding hydrogens is 695 g/mol. The summed E-state index contributed by atoms with van der Waals surface area (Å²) in [6.07, 6.45) is 3.93. The SMILES string of the molecule is Cc1ccc(C(c2ccccc2)(c2ccccc2)n2cnc(C[C@H](NC(=O)c3cc(=O)c4cccc(O)c4[nH]3)C(=O)NCCc3ccc(O)c(O)c3)c2)cc1. The maximum atomic E-state index is 13.9. The Balaban J connectivity index is 1.24. The number of phenolic OH excluding ortho intramolecular Hbond substituents is 3. The van der Waals surface area contributed by atoms with Gasteiger partial charge in [-0.25, -0.2) is 4.98 Å². The molecule has 55 heavy (non-hydrogen) atoms. The van der Waals surface area contributed by atoms with Gasteiger partial charge in [0.25, 0.3) is 5.91 Å². The number of hydrogen-bond donors (Lipinski definition) is 6. The number of carbonyl (C=O) groups excluding carboxylic acids is 2. The third-order valence-corrected chi connectivity index (χ3v) is 9.75. The number of aromatic amines is 1. The molecule has 6 N–H and O–H groups in total. The van der Waals surface area contributed by atoms with Crippen molar-refractivity contribution in [2.75, 3.05) is 6.54 Å². The summed E-state index contributed by atoms with van der Waals surface area (Å²) in [5, 5.41) is 35.9. The second-order valence-corrected chi connectivity index (χ2v) is 13.4. The van der Waals surface area contributed by atoms with Gasteiger partial charge in [0.05, 0.1) is 17.5 Å². The van der Waals surface area contributed by atoms with Crippen LogP contribution < -0.4 is 16.1 Å². The maximum absolute atomic E-state index is 13.9. The van der Waals surface area contributed by atoms with E-state index in [9.17, 15) is 29.7 Å². The van der Waals surface area contributed by atoms with Crippen LogP contribution in [-0.4, -0.2) is 54.3 Å². The lowest BCUT2D eigenvalue weighted by atomic mass is 9.76. The van der Waals surface area contributed by atoms with Crippen LogP contribution in [0.25, 0.3) is 10.9 Å². The zero-order chi connectivity index (χ0) is 38.5. The molecule has 1 atom stereocenters. The number of aromatic hydroxyl groups is 3. The van der Waals surface area contributed by atoms with Crippen LogP contribution in [0.15, 0.2) is 145 Å². The number of rotatable bonds is 12. The van der Waals surface area contributed by atoms with Crippen LogP contribution in [0.4, 0.5) is 0 Å². The fourth-order valence-electron chi connectivity index (χ4n) is 6.96. The van der Waals surface area contributed by atoms with E-state index in [-0.39, 0.29) is 46.8 Å². The predicted octanol–water partition coefficient (Wildman–Crippen LogP) is 5.69. The van der Waals surface area contributed by atoms with Crippen molar-refractivity contribution in [2.24, 2.45) is 0 Å². The van der Waals surface area contributed by atoms with Crippen molar-refractivity contribution in [3.05, 3.63) is 189 Å². The van der Waals surface area contributed by atoms with E-state index in [0.29, 0.717) is 17.7 Å². The number of amides is 2. The van der Waals surface area contributed by atoms with Crippen LogP contribution in [0, 0.1) is 6.92 Å². The van der Waals surface area contributed by atoms with Gasteiger partial charge in [-0.3, -0.25) is 14.4 Å². The highest BCUT2D eigenvalue weighted by Gasteiger charge is 2.38. The second kappa shape index (κ2) is 15.5. The summed E-state index contributed by atoms with van der Waals surface area (Å²) in [4.78, 5) is 48.2. The van der Waals surface area contributed by atoms with Gasteiger partial charge >= 0.3 is 0 Å². The van der Waals surface area contributed by atoms with Crippen molar-refractivity contribution in [3.8, 4) is 17.2 Å². The van der Waals surface area contributed by atoms with E-state index in [1.54, 1.807) is 12.4 Å². The molecule has 0 bridgehead atoms. The summed E-state index contributed by atoms with van der Waals surface area (Å²) in [5.74, 6) is -1.95. The summed E-state index contributed by atoms with van der Waals surface area (Å²) < 4.78 is 2.02. The molecule has 0 spiro atoms. The monoisotopic (exact) mass is 733 g/mol. The molecule has 0 aliphatic carbocycles. The van der Waals surface area contributed by atoms with Gasteiger partial charge in [0.2, 0.25) is 5.91 Å². The second-order valence-electron chi connectivity index (χ2n) is 13.4. The molecule has 0 saturated heterocycles. The number of pyridine rings is 1. The number of fused-ring (bicyclic) bond motifs is 1. The Hall–Kier alpha value is -7.14. The van der Waals surface area contributed by atoms with Crippen LogP contribution in [0.1, 0.15) is 44.0 Å². The highest BCUT2D eigenvalue weighted by Crippen LogP contribution is 2.41. The number of hydrogen-bond acceptors (Lipinski definition) is 7. The fraction of sp³-hybridized carbons (Fsp3) is 0.136. The molecule has 276 valence electrons. The van der Waals surface area contributed by atoms with Crippen LogP contribution in [0.3, 0.4) is 0 Å². The Labute approximate surface area is 316 Å². The minimum Gasteiger partial charge on any atom is -0.506 e. The minimum atomic E-state index is -1.14. The van der Waals surface area contributed by atoms with Crippen molar-refractivity contribution in [3.63, 3.8) is 0 Å². The molecule has 11 heteroatoms. The lowest BCUT2D eigenvalue weighted by molar-refractivity contribution is -0.122. The summed E-state index contributed by atoms with van der Waals surface area (Å²) in [6.45, 7) is 2.19. The highest BCUT2D eigenvalue weighted by atomic mass is 16.3. The van der Waals surface area contributed by atoms with Crippen LogP contribution >= 0.6 is 0 Å². The summed E-state index contributed by atoms with van der Waals surface area (Å²) >= 11 is 0. The first-order valence-corrected chi connectivity index (χ1v) is 17.8. The number of aromatic nitrogens is 3. The number of H-pyrrole nitrogens is 1. The van der Waals surface area contributed by atoms with Crippen LogP contribution in [0.5, 0.6) is 17.2 Å². The quantitative estimate of drug-likeness (QED) is 0.0693. The molecule has 2 aromatic heterocycles. The molecular formula is C44H39N5O6. The number of imidazole rings is 1. The lowest BCUT2D eigenvalue weighted by Gasteiger charge is -2.37. The Morgan fingerprint density at radius 3 is 2.13 bits per heavy atom. The average molecular weight is 734 g/mol. The molecule has 2 amide bonds. The number of para-hydroxylation sites is 1.